The van der Waals surface area contributed by atoms with Crippen LogP contribution < -0.4 is 15.4 Å². The minimum atomic E-state index is 0. The highest BCUT2D eigenvalue weighted by atomic mass is 35.5. The second kappa shape index (κ2) is 10.3. The van der Waals surface area contributed by atoms with Gasteiger partial charge in [-0.25, -0.2) is 0 Å². The molecule has 2 aliphatic heterocycles. The molecule has 0 spiro atoms. The van der Waals surface area contributed by atoms with Crippen molar-refractivity contribution in [3.63, 3.8) is 0 Å². The van der Waals surface area contributed by atoms with Gasteiger partial charge in [0.25, 0.3) is 0 Å². The molecule has 2 aromatic carbocycles. The lowest BCUT2D eigenvalue weighted by Crippen LogP contribution is -2.40. The highest BCUT2D eigenvalue weighted by molar-refractivity contribution is 5.85. The van der Waals surface area contributed by atoms with Crippen LogP contribution in [0, 0.1) is 12.8 Å². The van der Waals surface area contributed by atoms with Gasteiger partial charge >= 0.3 is 0 Å². The summed E-state index contributed by atoms with van der Waals surface area (Å²) in [6, 6.07) is 17.7. The number of hydrogen-bond donors (Lipinski definition) is 2. The molecule has 2 saturated heterocycles. The van der Waals surface area contributed by atoms with Gasteiger partial charge in [-0.1, -0.05) is 42.0 Å². The van der Waals surface area contributed by atoms with Crippen molar-refractivity contribution in [1.29, 1.82) is 0 Å². The number of carbonyl (C=O) groups is 1. The Morgan fingerprint density at radius 1 is 1.13 bits per heavy atom. The maximum Gasteiger partial charge on any atom is 0.220 e. The molecule has 0 saturated carbocycles. The van der Waals surface area contributed by atoms with Gasteiger partial charge in [-0.05, 0) is 68.7 Å². The fourth-order valence-corrected chi connectivity index (χ4v) is 4.81. The van der Waals surface area contributed by atoms with Gasteiger partial charge in [0.05, 0.1) is 6.04 Å². The van der Waals surface area contributed by atoms with E-state index < -0.39 is 0 Å². The molecule has 2 bridgehead atoms. The lowest BCUT2D eigenvalue weighted by molar-refractivity contribution is -0.122. The van der Waals surface area contributed by atoms with Crippen molar-refractivity contribution in [3.8, 4) is 5.75 Å². The second-order valence-electron chi connectivity index (χ2n) is 8.82. The van der Waals surface area contributed by atoms with Crippen LogP contribution in [-0.4, -0.2) is 18.0 Å². The summed E-state index contributed by atoms with van der Waals surface area (Å²) in [7, 11) is 0. The van der Waals surface area contributed by atoms with Gasteiger partial charge in [-0.3, -0.25) is 4.79 Å². The molecule has 30 heavy (non-hydrogen) atoms. The number of halogens is 1. The Balaban J connectivity index is 0.00000256. The zero-order valence-corrected chi connectivity index (χ0v) is 18.7. The number of fused-ring (bicyclic) bond motifs is 2. The summed E-state index contributed by atoms with van der Waals surface area (Å²) >= 11 is 0. The van der Waals surface area contributed by atoms with Crippen molar-refractivity contribution < 1.29 is 9.53 Å². The number of nitrogens with one attached hydrogen (secondary N) is 2. The first-order chi connectivity index (χ1) is 14.0. The topological polar surface area (TPSA) is 50.4 Å². The molecule has 0 aliphatic carbocycles. The van der Waals surface area contributed by atoms with E-state index in [1.54, 1.807) is 0 Å². The van der Waals surface area contributed by atoms with Crippen molar-refractivity contribution >= 4 is 18.3 Å². The number of rotatable bonds is 7. The number of benzene rings is 2. The Morgan fingerprint density at radius 2 is 1.83 bits per heavy atom. The number of hydrogen-bond acceptors (Lipinski definition) is 3. The van der Waals surface area contributed by atoms with Gasteiger partial charge in [0.15, 0.2) is 0 Å². The van der Waals surface area contributed by atoms with Crippen LogP contribution in [0.4, 0.5) is 0 Å². The predicted octanol–water partition coefficient (Wildman–Crippen LogP) is 5.09. The molecule has 4 nitrogen and oxygen atoms in total. The van der Waals surface area contributed by atoms with Crippen molar-refractivity contribution in [3.05, 3.63) is 65.2 Å². The number of carbonyl (C=O) groups excluding carboxylic acids is 1. The van der Waals surface area contributed by atoms with Crippen molar-refractivity contribution in [1.82, 2.24) is 10.6 Å². The molecular formula is C25H33ClN2O2. The highest BCUT2D eigenvalue weighted by Crippen LogP contribution is 2.32. The van der Waals surface area contributed by atoms with Crippen molar-refractivity contribution in [2.75, 3.05) is 0 Å². The maximum absolute atomic E-state index is 12.5. The monoisotopic (exact) mass is 428 g/mol. The summed E-state index contributed by atoms with van der Waals surface area (Å²) in [4.78, 5) is 12.5. The summed E-state index contributed by atoms with van der Waals surface area (Å²) < 4.78 is 5.90. The zero-order valence-electron chi connectivity index (χ0n) is 17.9. The zero-order chi connectivity index (χ0) is 20.2. The first kappa shape index (κ1) is 22.6. The molecule has 1 amide bonds. The van der Waals surface area contributed by atoms with Crippen LogP contribution in [0.1, 0.15) is 61.8 Å². The fraction of sp³-hybridized carbons (Fsp3) is 0.480. The maximum atomic E-state index is 12.5. The largest absolute Gasteiger partial charge is 0.489 e. The minimum Gasteiger partial charge on any atom is -0.489 e. The molecule has 2 N–H and O–H groups in total. The standard InChI is InChI=1S/C25H32N2O2.ClH/c1-17-4-3-5-19(12-17)16-29-24-10-6-21(7-11-24)18(2)26-25(28)15-20-13-22-8-9-23(14-20)27-22;/h3-7,10-12,18,20,22-23,27H,8-9,13-16H2,1-2H3,(H,26,28);1H. The Labute approximate surface area is 186 Å². The smallest absolute Gasteiger partial charge is 0.220 e. The molecule has 2 aliphatic rings. The van der Waals surface area contributed by atoms with E-state index >= 15 is 0 Å². The predicted molar refractivity (Wildman–Crippen MR) is 123 cm³/mol. The molecule has 3 atom stereocenters. The molecule has 2 fully saturated rings. The molecule has 0 aromatic heterocycles. The average molecular weight is 429 g/mol. The number of amides is 1. The van der Waals surface area contributed by atoms with Gasteiger partial charge in [-0.15, -0.1) is 12.4 Å². The lowest BCUT2D eigenvalue weighted by atomic mass is 9.89. The molecule has 5 heteroatoms. The van der Waals surface area contributed by atoms with E-state index in [4.69, 9.17) is 4.74 Å². The summed E-state index contributed by atoms with van der Waals surface area (Å²) in [5.74, 6) is 1.54. The number of ether oxygens (including phenoxy) is 1. The number of aryl methyl sites for hydroxylation is 1. The normalized spacial score (nSPS) is 23.3. The third kappa shape index (κ3) is 5.99. The highest BCUT2D eigenvalue weighted by Gasteiger charge is 2.34. The summed E-state index contributed by atoms with van der Waals surface area (Å²) in [6.07, 6.45) is 5.49. The van der Waals surface area contributed by atoms with E-state index in [9.17, 15) is 4.79 Å². The van der Waals surface area contributed by atoms with E-state index in [1.807, 2.05) is 31.2 Å². The third-order valence-electron chi connectivity index (χ3n) is 6.29. The van der Waals surface area contributed by atoms with E-state index in [0.717, 1.165) is 24.2 Å². The molecule has 0 radical (unpaired) electrons. The Hall–Kier alpha value is -2.04. The summed E-state index contributed by atoms with van der Waals surface area (Å²) in [5, 5.41) is 6.82. The summed E-state index contributed by atoms with van der Waals surface area (Å²) in [5.41, 5.74) is 3.51. The van der Waals surface area contributed by atoms with E-state index in [0.29, 0.717) is 31.0 Å². The first-order valence-electron chi connectivity index (χ1n) is 10.9. The molecular weight excluding hydrogens is 396 g/mol. The van der Waals surface area contributed by atoms with Crippen LogP contribution in [0.15, 0.2) is 48.5 Å². The van der Waals surface area contributed by atoms with Crippen LogP contribution in [0.5, 0.6) is 5.75 Å². The molecule has 4 rings (SSSR count). The van der Waals surface area contributed by atoms with Crippen molar-refractivity contribution in [2.45, 2.75) is 70.7 Å². The van der Waals surface area contributed by atoms with Crippen molar-refractivity contribution in [2.24, 2.45) is 5.92 Å². The average Bonchev–Trinajstić information content (AvgIpc) is 3.05. The van der Waals surface area contributed by atoms with E-state index in [1.165, 1.54) is 24.0 Å². The second-order valence-corrected chi connectivity index (χ2v) is 8.82. The van der Waals surface area contributed by atoms with Gasteiger partial charge in [-0.2, -0.15) is 0 Å². The summed E-state index contributed by atoms with van der Waals surface area (Å²) in [6.45, 7) is 4.70. The van der Waals surface area contributed by atoms with Crippen LogP contribution in [-0.2, 0) is 11.4 Å². The quantitative estimate of drug-likeness (QED) is 0.645. The van der Waals surface area contributed by atoms with E-state index in [2.05, 4.69) is 41.8 Å². The SMILES string of the molecule is Cc1cccc(COc2ccc(C(C)NC(=O)CC3CC4CCC(C3)N4)cc2)c1.Cl. The number of piperidine rings is 1. The van der Waals surface area contributed by atoms with E-state index in [-0.39, 0.29) is 24.4 Å². The minimum absolute atomic E-state index is 0. The lowest BCUT2D eigenvalue weighted by Gasteiger charge is -2.29. The van der Waals surface area contributed by atoms with Gasteiger partial charge in [0.2, 0.25) is 5.91 Å². The molecule has 3 unspecified atom stereocenters. The van der Waals surface area contributed by atoms with Crippen LogP contribution in [0.25, 0.3) is 0 Å². The Bertz CT molecular complexity index is 827. The van der Waals surface area contributed by atoms with Gasteiger partial charge in [0.1, 0.15) is 12.4 Å². The Morgan fingerprint density at radius 3 is 2.50 bits per heavy atom. The fourth-order valence-electron chi connectivity index (χ4n) is 4.81. The Kier molecular flexibility index (Phi) is 7.79. The van der Waals surface area contributed by atoms with Crippen LogP contribution in [0.3, 0.4) is 0 Å². The van der Waals surface area contributed by atoms with Crippen LogP contribution in [0.2, 0.25) is 0 Å². The molecule has 2 heterocycles. The first-order valence-corrected chi connectivity index (χ1v) is 10.9. The van der Waals surface area contributed by atoms with Gasteiger partial charge in [0, 0.05) is 18.5 Å². The molecule has 2 aromatic rings. The van der Waals surface area contributed by atoms with Gasteiger partial charge < -0.3 is 15.4 Å². The third-order valence-corrected chi connectivity index (χ3v) is 6.29. The molecule has 162 valence electrons. The van der Waals surface area contributed by atoms with Crippen LogP contribution >= 0.6 is 12.4 Å².